The molecular weight excluding hydrogens is 381 g/mol. The molecule has 1 amide bonds. The van der Waals surface area contributed by atoms with Crippen molar-refractivity contribution in [2.24, 2.45) is 5.92 Å². The van der Waals surface area contributed by atoms with Crippen LogP contribution in [0.25, 0.3) is 0 Å². The third kappa shape index (κ3) is 4.89. The fourth-order valence-electron chi connectivity index (χ4n) is 1.54. The maximum absolute atomic E-state index is 12.5. The quantitative estimate of drug-likeness (QED) is 0.760. The van der Waals surface area contributed by atoms with Crippen molar-refractivity contribution in [3.8, 4) is 0 Å². The lowest BCUT2D eigenvalue weighted by atomic mass is 10.2. The lowest BCUT2D eigenvalue weighted by Crippen LogP contribution is -2.17. The molecular formula is C13H13F3N4O3S2. The number of nitrogens with one attached hydrogen (secondary N) is 2. The van der Waals surface area contributed by atoms with Gasteiger partial charge in [-0.3, -0.25) is 9.52 Å². The Labute approximate surface area is 145 Å². The number of aromatic nitrogens is 2. The molecule has 0 fully saturated rings. The second-order valence-corrected chi connectivity index (χ2v) is 8.03. The van der Waals surface area contributed by atoms with E-state index in [0.29, 0.717) is 11.3 Å². The van der Waals surface area contributed by atoms with Crippen molar-refractivity contribution in [2.45, 2.75) is 24.4 Å². The molecule has 0 saturated heterocycles. The zero-order chi connectivity index (χ0) is 18.8. The molecule has 2 N–H and O–H groups in total. The van der Waals surface area contributed by atoms with Crippen molar-refractivity contribution in [3.05, 3.63) is 29.8 Å². The van der Waals surface area contributed by atoms with Crippen LogP contribution in [0.1, 0.15) is 19.4 Å². The number of carbonyl (C=O) groups excluding carboxylic acids is 1. The fraction of sp³-hybridized carbons (Fsp3) is 0.308. The first-order valence-electron chi connectivity index (χ1n) is 6.83. The van der Waals surface area contributed by atoms with Gasteiger partial charge in [0.05, 0.1) is 5.56 Å². The average molecular weight is 394 g/mol. The third-order valence-electron chi connectivity index (χ3n) is 2.86. The van der Waals surface area contributed by atoms with Crippen LogP contribution in [0, 0.1) is 5.92 Å². The van der Waals surface area contributed by atoms with E-state index in [-0.39, 0.29) is 22.6 Å². The molecule has 1 heterocycles. The van der Waals surface area contributed by atoms with E-state index < -0.39 is 26.1 Å². The first kappa shape index (κ1) is 19.1. The van der Waals surface area contributed by atoms with Crippen LogP contribution in [-0.4, -0.2) is 24.5 Å². The molecule has 0 unspecified atom stereocenters. The molecule has 0 aliphatic carbocycles. The number of carbonyl (C=O) groups is 1. The summed E-state index contributed by atoms with van der Waals surface area (Å²) in [5.41, 5.74) is -0.957. The molecule has 1 aromatic heterocycles. The van der Waals surface area contributed by atoms with Crippen LogP contribution in [-0.2, 0) is 21.0 Å². The van der Waals surface area contributed by atoms with Crippen molar-refractivity contribution in [1.29, 1.82) is 0 Å². The Balaban J connectivity index is 2.14. The minimum absolute atomic E-state index is 0.00601. The molecule has 0 atom stereocenters. The van der Waals surface area contributed by atoms with Gasteiger partial charge in [-0.2, -0.15) is 21.6 Å². The van der Waals surface area contributed by atoms with Gasteiger partial charge in [0.25, 0.3) is 14.4 Å². The smallest absolute Gasteiger partial charge is 0.300 e. The summed E-state index contributed by atoms with van der Waals surface area (Å²) in [7, 11) is -4.13. The number of benzene rings is 1. The Bertz CT molecular complexity index is 861. The van der Waals surface area contributed by atoms with E-state index in [0.717, 1.165) is 24.3 Å². The standard InChI is InChI=1S/C13H13F3N4O3S2/c1-7(2)10(21)17-11-18-19-12(24-11)25(22,23)20-9-5-3-8(4-6-9)13(14,15)16/h3-7,20H,1-2H3,(H,17,18,21). The SMILES string of the molecule is CC(C)C(=O)Nc1nnc(S(=O)(=O)Nc2ccc(C(F)(F)F)cc2)s1. The molecule has 2 aromatic rings. The van der Waals surface area contributed by atoms with E-state index in [1.807, 2.05) is 0 Å². The number of nitrogens with zero attached hydrogens (tertiary/aromatic N) is 2. The highest BCUT2D eigenvalue weighted by Crippen LogP contribution is 2.30. The Morgan fingerprint density at radius 2 is 1.76 bits per heavy atom. The molecule has 2 rings (SSSR count). The Morgan fingerprint density at radius 3 is 2.28 bits per heavy atom. The lowest BCUT2D eigenvalue weighted by molar-refractivity contribution is -0.137. The number of hydrogen-bond donors (Lipinski definition) is 2. The molecule has 12 heteroatoms. The molecule has 7 nitrogen and oxygen atoms in total. The first-order chi connectivity index (χ1) is 11.5. The van der Waals surface area contributed by atoms with Crippen LogP contribution in [0.15, 0.2) is 28.6 Å². The maximum atomic E-state index is 12.5. The number of rotatable bonds is 5. The monoisotopic (exact) mass is 394 g/mol. The molecule has 25 heavy (non-hydrogen) atoms. The highest BCUT2D eigenvalue weighted by molar-refractivity contribution is 7.94. The van der Waals surface area contributed by atoms with E-state index in [1.54, 1.807) is 13.8 Å². The summed E-state index contributed by atoms with van der Waals surface area (Å²) in [6.45, 7) is 3.31. The largest absolute Gasteiger partial charge is 0.416 e. The van der Waals surface area contributed by atoms with Crippen molar-refractivity contribution in [2.75, 3.05) is 10.0 Å². The van der Waals surface area contributed by atoms with Crippen molar-refractivity contribution >= 4 is 38.1 Å². The van der Waals surface area contributed by atoms with E-state index in [1.165, 1.54) is 0 Å². The first-order valence-corrected chi connectivity index (χ1v) is 9.13. The summed E-state index contributed by atoms with van der Waals surface area (Å²) >= 11 is 0.628. The zero-order valence-electron chi connectivity index (χ0n) is 13.0. The second-order valence-electron chi connectivity index (χ2n) is 5.20. The number of hydrogen-bond acceptors (Lipinski definition) is 6. The van der Waals surface area contributed by atoms with Gasteiger partial charge in [-0.05, 0) is 24.3 Å². The normalized spacial score (nSPS) is 12.2. The van der Waals surface area contributed by atoms with Crippen LogP contribution in [0.2, 0.25) is 0 Å². The number of amides is 1. The third-order valence-corrected chi connectivity index (χ3v) is 5.44. The van der Waals surface area contributed by atoms with Crippen LogP contribution in [0.3, 0.4) is 0 Å². The van der Waals surface area contributed by atoms with Crippen LogP contribution in [0.4, 0.5) is 24.0 Å². The van der Waals surface area contributed by atoms with E-state index in [2.05, 4.69) is 20.2 Å². The molecule has 136 valence electrons. The number of anilines is 2. The summed E-state index contributed by atoms with van der Waals surface area (Å²) in [4.78, 5) is 11.5. The Morgan fingerprint density at radius 1 is 1.16 bits per heavy atom. The number of sulfonamides is 1. The van der Waals surface area contributed by atoms with Gasteiger partial charge in [0.15, 0.2) is 0 Å². The van der Waals surface area contributed by atoms with Gasteiger partial charge >= 0.3 is 6.18 Å². The van der Waals surface area contributed by atoms with Crippen LogP contribution in [0.5, 0.6) is 0 Å². The highest BCUT2D eigenvalue weighted by Gasteiger charge is 2.30. The minimum atomic E-state index is -4.51. The second kappa shape index (κ2) is 6.96. The van der Waals surface area contributed by atoms with Gasteiger partial charge in [0.2, 0.25) is 11.0 Å². The molecule has 0 spiro atoms. The lowest BCUT2D eigenvalue weighted by Gasteiger charge is -2.08. The fourth-order valence-corrected chi connectivity index (χ4v) is 3.51. The topological polar surface area (TPSA) is 101 Å². The highest BCUT2D eigenvalue weighted by atomic mass is 32.2. The van der Waals surface area contributed by atoms with E-state index in [4.69, 9.17) is 0 Å². The van der Waals surface area contributed by atoms with Crippen LogP contribution >= 0.6 is 11.3 Å². The minimum Gasteiger partial charge on any atom is -0.300 e. The summed E-state index contributed by atoms with van der Waals surface area (Å²) < 4.78 is 63.5. The summed E-state index contributed by atoms with van der Waals surface area (Å²) in [5.74, 6) is -0.676. The van der Waals surface area contributed by atoms with Gasteiger partial charge in [-0.25, -0.2) is 0 Å². The Kier molecular flexibility index (Phi) is 5.32. The van der Waals surface area contributed by atoms with Gasteiger partial charge in [0.1, 0.15) is 0 Å². The van der Waals surface area contributed by atoms with Crippen molar-refractivity contribution in [3.63, 3.8) is 0 Å². The van der Waals surface area contributed by atoms with Crippen molar-refractivity contribution in [1.82, 2.24) is 10.2 Å². The van der Waals surface area contributed by atoms with Gasteiger partial charge < -0.3 is 5.32 Å². The predicted molar refractivity (Wildman–Crippen MR) is 85.6 cm³/mol. The van der Waals surface area contributed by atoms with Gasteiger partial charge in [0, 0.05) is 11.6 Å². The zero-order valence-corrected chi connectivity index (χ0v) is 14.6. The molecule has 0 bridgehead atoms. The number of alkyl halides is 3. The van der Waals surface area contributed by atoms with Crippen molar-refractivity contribution < 1.29 is 26.4 Å². The Hall–Kier alpha value is -2.21. The van der Waals surface area contributed by atoms with Gasteiger partial charge in [-0.1, -0.05) is 25.2 Å². The molecule has 0 saturated carbocycles. The summed E-state index contributed by atoms with van der Waals surface area (Å²) in [6, 6.07) is 3.49. The molecule has 0 radical (unpaired) electrons. The summed E-state index contributed by atoms with van der Waals surface area (Å²) in [5, 5.41) is 9.45. The molecule has 1 aromatic carbocycles. The molecule has 0 aliphatic heterocycles. The van der Waals surface area contributed by atoms with Crippen LogP contribution < -0.4 is 10.0 Å². The summed E-state index contributed by atoms with van der Waals surface area (Å²) in [6.07, 6.45) is -4.51. The number of halogens is 3. The predicted octanol–water partition coefficient (Wildman–Crippen LogP) is 2.95. The van der Waals surface area contributed by atoms with Gasteiger partial charge in [-0.15, -0.1) is 10.2 Å². The maximum Gasteiger partial charge on any atom is 0.416 e. The molecule has 0 aliphatic rings. The van der Waals surface area contributed by atoms with E-state index >= 15 is 0 Å². The average Bonchev–Trinajstić information content (AvgIpc) is 2.95. The van der Waals surface area contributed by atoms with E-state index in [9.17, 15) is 26.4 Å².